The monoisotopic (exact) mass is 854 g/mol. The van der Waals surface area contributed by atoms with E-state index in [1.54, 1.807) is 65.6 Å². The fourth-order valence-corrected chi connectivity index (χ4v) is 8.12. The molecule has 6 heterocycles. The van der Waals surface area contributed by atoms with Gasteiger partial charge in [-0.25, -0.2) is 33.9 Å². The third kappa shape index (κ3) is 9.58. The summed E-state index contributed by atoms with van der Waals surface area (Å²) in [6.45, 7) is 1.72. The van der Waals surface area contributed by atoms with Crippen LogP contribution in [0.5, 0.6) is 0 Å². The van der Waals surface area contributed by atoms with E-state index in [1.807, 2.05) is 10.8 Å². The standard InChI is InChI=1S/C25H25ClFN5O4S.C13H15N3O4S/c1-35-14-32(25-28-6-7-37-25)21-9-15(24(34)36-2)8-16(29-21)11-30-12-18-10-17(30)13-31(18)23(33)19-4-3-5-20(26)22(19)27;1-19-8-16(13-14-3-4-21-13)11-6-9(12(18)20-2)5-10(7-17)15-11/h3-9,17-18H,10-14H2,1-2H3;3-6,17H,7-8H2,1-2H3/t17-,18-;/m1./s1. The molecule has 7 rings (SSSR count). The number of fused-ring (bicyclic) bond motifs is 2. The van der Waals surface area contributed by atoms with E-state index in [0.29, 0.717) is 64.0 Å². The highest BCUT2D eigenvalue weighted by Gasteiger charge is 2.46. The lowest BCUT2D eigenvalue weighted by atomic mass is 10.1. The second-order valence-electron chi connectivity index (χ2n) is 12.9. The quantitative estimate of drug-likeness (QED) is 0.109. The zero-order chi connectivity index (χ0) is 41.3. The van der Waals surface area contributed by atoms with Crippen molar-refractivity contribution in [1.82, 2.24) is 29.7 Å². The SMILES string of the molecule is COCN(c1cc(C(=O)OC)cc(CN2C[C@H]3C[C@@H]2CN3C(=O)c2cccc(Cl)c2F)n1)c1nccs1.COCN(c1cc(C(=O)OC)cc(CO)n1)c1nccs1. The number of aliphatic hydroxyl groups excluding tert-OH is 1. The molecule has 1 aromatic carbocycles. The lowest BCUT2D eigenvalue weighted by Gasteiger charge is -2.34. The topological polar surface area (TPSA) is 173 Å². The van der Waals surface area contributed by atoms with Crippen molar-refractivity contribution in [2.24, 2.45) is 0 Å². The van der Waals surface area contributed by atoms with E-state index >= 15 is 0 Å². The van der Waals surface area contributed by atoms with Crippen LogP contribution in [-0.4, -0.2) is 120 Å². The molecule has 0 aliphatic carbocycles. The number of nitrogens with zero attached hydrogens (tertiary/aromatic N) is 8. The van der Waals surface area contributed by atoms with Crippen molar-refractivity contribution >= 4 is 74.0 Å². The van der Waals surface area contributed by atoms with Crippen molar-refractivity contribution in [2.45, 2.75) is 31.7 Å². The Morgan fingerprint density at radius 1 is 0.845 bits per heavy atom. The number of hydrogen-bond acceptors (Lipinski definition) is 17. The molecule has 1 amide bonds. The van der Waals surface area contributed by atoms with Gasteiger partial charge in [0.05, 0.1) is 53.9 Å². The van der Waals surface area contributed by atoms with Gasteiger partial charge in [-0.1, -0.05) is 17.7 Å². The van der Waals surface area contributed by atoms with Crippen molar-refractivity contribution < 1.29 is 42.8 Å². The molecule has 2 fully saturated rings. The number of pyridine rings is 2. The Morgan fingerprint density at radius 3 is 1.90 bits per heavy atom. The van der Waals surface area contributed by atoms with Gasteiger partial charge in [0.2, 0.25) is 0 Å². The highest BCUT2D eigenvalue weighted by molar-refractivity contribution is 7.14. The van der Waals surface area contributed by atoms with Crippen LogP contribution in [0.4, 0.5) is 26.3 Å². The molecule has 2 aliphatic heterocycles. The number of ether oxygens (including phenoxy) is 4. The molecule has 20 heteroatoms. The van der Waals surface area contributed by atoms with E-state index in [-0.39, 0.29) is 48.6 Å². The lowest BCUT2D eigenvalue weighted by Crippen LogP contribution is -2.48. The molecule has 0 saturated carbocycles. The first-order chi connectivity index (χ1) is 28.1. The van der Waals surface area contributed by atoms with Gasteiger partial charge in [-0.3, -0.25) is 19.5 Å². The molecule has 2 saturated heterocycles. The molecular weight excluding hydrogens is 815 g/mol. The lowest BCUT2D eigenvalue weighted by molar-refractivity contribution is 0.0590. The average molecular weight is 855 g/mol. The second kappa shape index (κ2) is 19.5. The molecule has 0 radical (unpaired) electrons. The number of amides is 1. The molecule has 0 spiro atoms. The first kappa shape index (κ1) is 42.5. The smallest absolute Gasteiger partial charge is 0.338 e. The molecule has 16 nitrogen and oxygen atoms in total. The van der Waals surface area contributed by atoms with Crippen LogP contribution in [0, 0.1) is 5.82 Å². The van der Waals surface area contributed by atoms with E-state index < -0.39 is 17.8 Å². The Bertz CT molecular complexity index is 2200. The number of halogens is 2. The summed E-state index contributed by atoms with van der Waals surface area (Å²) in [7, 11) is 5.77. The molecule has 2 atom stereocenters. The number of benzene rings is 1. The van der Waals surface area contributed by atoms with Crippen LogP contribution in [0.2, 0.25) is 5.02 Å². The predicted molar refractivity (Wildman–Crippen MR) is 214 cm³/mol. The number of anilines is 4. The number of rotatable bonds is 14. The Hall–Kier alpha value is -5.15. The van der Waals surface area contributed by atoms with Gasteiger partial charge in [0, 0.05) is 69.1 Å². The Morgan fingerprint density at radius 2 is 1.41 bits per heavy atom. The number of methoxy groups -OCH3 is 4. The number of carbonyl (C=O) groups excluding carboxylic acids is 3. The molecule has 1 N–H and O–H groups in total. The van der Waals surface area contributed by atoms with Gasteiger partial charge in [-0.2, -0.15) is 0 Å². The molecule has 2 aliphatic rings. The minimum atomic E-state index is -0.689. The van der Waals surface area contributed by atoms with Gasteiger partial charge in [0.15, 0.2) is 16.1 Å². The van der Waals surface area contributed by atoms with Crippen LogP contribution < -0.4 is 9.80 Å². The molecule has 306 valence electrons. The molecular formula is C38H40ClFN8O8S2. The zero-order valence-corrected chi connectivity index (χ0v) is 34.3. The number of aliphatic hydroxyl groups is 1. The van der Waals surface area contributed by atoms with Gasteiger partial charge in [-0.15, -0.1) is 22.7 Å². The number of esters is 2. The van der Waals surface area contributed by atoms with E-state index in [1.165, 1.54) is 55.1 Å². The molecule has 58 heavy (non-hydrogen) atoms. The van der Waals surface area contributed by atoms with E-state index in [2.05, 4.69) is 19.9 Å². The Kier molecular flexibility index (Phi) is 14.3. The molecule has 4 aromatic heterocycles. The maximum atomic E-state index is 14.5. The summed E-state index contributed by atoms with van der Waals surface area (Å²) in [5.74, 6) is -1.02. The zero-order valence-electron chi connectivity index (χ0n) is 31.9. The van der Waals surface area contributed by atoms with Crippen LogP contribution in [-0.2, 0) is 32.1 Å². The first-order valence-electron chi connectivity index (χ1n) is 17.7. The van der Waals surface area contributed by atoms with Crippen LogP contribution in [0.25, 0.3) is 0 Å². The predicted octanol–water partition coefficient (Wildman–Crippen LogP) is 5.52. The van der Waals surface area contributed by atoms with Crippen molar-refractivity contribution in [3.63, 3.8) is 0 Å². The summed E-state index contributed by atoms with van der Waals surface area (Å²) in [5, 5.41) is 14.3. The first-order valence-corrected chi connectivity index (χ1v) is 19.8. The normalized spacial score (nSPS) is 15.8. The fraction of sp³-hybridized carbons (Fsp3) is 0.342. The minimum Gasteiger partial charge on any atom is -0.465 e. The Labute approximate surface area is 346 Å². The number of likely N-dealkylation sites (tertiary alicyclic amines) is 2. The van der Waals surface area contributed by atoms with Crippen LogP contribution >= 0.6 is 34.3 Å². The van der Waals surface area contributed by atoms with Gasteiger partial charge >= 0.3 is 11.9 Å². The summed E-state index contributed by atoms with van der Waals surface area (Å²) in [5.41, 5.74) is 1.72. The number of thiazole rings is 2. The number of aromatic nitrogens is 4. The van der Waals surface area contributed by atoms with Crippen molar-refractivity contribution in [2.75, 3.05) is 64.8 Å². The fourth-order valence-electron chi connectivity index (χ4n) is 6.67. The maximum Gasteiger partial charge on any atom is 0.338 e. The van der Waals surface area contributed by atoms with E-state index in [4.69, 9.17) is 35.5 Å². The van der Waals surface area contributed by atoms with E-state index in [0.717, 1.165) is 6.42 Å². The Balaban J connectivity index is 0.000000229. The molecule has 0 unspecified atom stereocenters. The van der Waals surface area contributed by atoms with Crippen molar-refractivity contribution in [3.8, 4) is 0 Å². The molecule has 5 aromatic rings. The average Bonchev–Trinajstić information content (AvgIpc) is 4.09. The largest absolute Gasteiger partial charge is 0.465 e. The highest BCUT2D eigenvalue weighted by Crippen LogP contribution is 2.35. The maximum absolute atomic E-state index is 14.5. The summed E-state index contributed by atoms with van der Waals surface area (Å²) < 4.78 is 34.6. The van der Waals surface area contributed by atoms with Crippen molar-refractivity contribution in [3.05, 3.63) is 105 Å². The summed E-state index contributed by atoms with van der Waals surface area (Å²) in [6.07, 6.45) is 4.14. The van der Waals surface area contributed by atoms with Gasteiger partial charge in [0.1, 0.15) is 25.1 Å². The summed E-state index contributed by atoms with van der Waals surface area (Å²) in [6, 6.07) is 11.0. The highest BCUT2D eigenvalue weighted by atomic mass is 35.5. The minimum absolute atomic E-state index is 0.0101. The number of carbonyl (C=O) groups is 3. The van der Waals surface area contributed by atoms with Crippen molar-refractivity contribution in [1.29, 1.82) is 0 Å². The van der Waals surface area contributed by atoms with E-state index in [9.17, 15) is 23.9 Å². The number of piperazine rings is 1. The van der Waals surface area contributed by atoms with Crippen LogP contribution in [0.15, 0.2) is 65.6 Å². The second-order valence-corrected chi connectivity index (χ2v) is 15.1. The third-order valence-corrected chi connectivity index (χ3v) is 11.1. The van der Waals surface area contributed by atoms with Crippen LogP contribution in [0.3, 0.4) is 0 Å². The third-order valence-electron chi connectivity index (χ3n) is 9.27. The van der Waals surface area contributed by atoms with Gasteiger partial charge in [-0.05, 0) is 42.8 Å². The molecule has 2 bridgehead atoms. The van der Waals surface area contributed by atoms with Crippen LogP contribution in [0.1, 0.15) is 48.9 Å². The van der Waals surface area contributed by atoms with Gasteiger partial charge < -0.3 is 29.0 Å². The van der Waals surface area contributed by atoms with Gasteiger partial charge in [0.25, 0.3) is 5.91 Å². The summed E-state index contributed by atoms with van der Waals surface area (Å²) >= 11 is 8.73. The number of hydrogen-bond donors (Lipinski definition) is 1. The summed E-state index contributed by atoms with van der Waals surface area (Å²) in [4.78, 5) is 62.3.